The highest BCUT2D eigenvalue weighted by Gasteiger charge is 2.28. The lowest BCUT2D eigenvalue weighted by Gasteiger charge is -2.34. The molecule has 0 atom stereocenters. The van der Waals surface area contributed by atoms with Crippen molar-refractivity contribution in [2.24, 2.45) is 0 Å². The molecule has 36 heavy (non-hydrogen) atoms. The largest absolute Gasteiger partial charge is 0.356 e. The van der Waals surface area contributed by atoms with Crippen molar-refractivity contribution in [3.8, 4) is 0 Å². The van der Waals surface area contributed by atoms with Crippen LogP contribution in [-0.4, -0.2) is 71.9 Å². The molecule has 1 aliphatic heterocycles. The van der Waals surface area contributed by atoms with Crippen LogP contribution in [0.1, 0.15) is 31.1 Å². The molecule has 1 aliphatic rings. The fraction of sp³-hybridized carbons (Fsp3) is 0.400. The number of aromatic nitrogens is 1. The Labute approximate surface area is 228 Å². The summed E-state index contributed by atoms with van der Waals surface area (Å²) in [7, 11) is 0. The Bertz CT molecular complexity index is 1220. The van der Waals surface area contributed by atoms with Gasteiger partial charge in [-0.25, -0.2) is 14.1 Å². The highest BCUT2D eigenvalue weighted by atomic mass is 79.9. The number of thiophene rings is 1. The van der Waals surface area contributed by atoms with Crippen molar-refractivity contribution >= 4 is 72.1 Å². The molecule has 0 aliphatic carbocycles. The lowest BCUT2D eigenvalue weighted by Crippen LogP contribution is -2.46. The SMILES string of the molecule is CCNC(=O)Nc1sc2ccccc2c1C(=O)N1CCN(Sc2cnc(N(CC)CC)c(Br)c2)CC1. The minimum Gasteiger partial charge on any atom is -0.356 e. The van der Waals surface area contributed by atoms with Crippen LogP contribution in [0, 0.1) is 0 Å². The number of hydrogen-bond donors (Lipinski definition) is 2. The van der Waals surface area contributed by atoms with E-state index in [-0.39, 0.29) is 11.9 Å². The number of hydrogen-bond acceptors (Lipinski definition) is 7. The van der Waals surface area contributed by atoms with Crippen molar-refractivity contribution in [2.45, 2.75) is 25.7 Å². The molecule has 1 fully saturated rings. The fourth-order valence-electron chi connectivity index (χ4n) is 4.16. The van der Waals surface area contributed by atoms with Crippen molar-refractivity contribution < 1.29 is 9.59 Å². The predicted molar refractivity (Wildman–Crippen MR) is 153 cm³/mol. The average Bonchev–Trinajstić information content (AvgIpc) is 3.23. The number of urea groups is 1. The van der Waals surface area contributed by atoms with Crippen LogP contribution in [0.5, 0.6) is 0 Å². The number of fused-ring (bicyclic) bond motifs is 1. The molecule has 192 valence electrons. The number of rotatable bonds is 8. The number of carbonyl (C=O) groups excluding carboxylic acids is 2. The molecular weight excluding hydrogens is 560 g/mol. The summed E-state index contributed by atoms with van der Waals surface area (Å²) in [5.41, 5.74) is 0.572. The van der Waals surface area contributed by atoms with Gasteiger partial charge in [0.25, 0.3) is 5.91 Å². The standard InChI is InChI=1S/C25H31BrN6O2S2/c1-4-27-25(34)29-23-21(18-9-7-8-10-20(18)35-23)24(33)31-11-13-32(14-12-31)36-17-15-19(26)22(28-16-17)30(5-2)6-3/h7-10,15-16H,4-6,11-14H2,1-3H3,(H2,27,29,34). The molecule has 1 saturated heterocycles. The summed E-state index contributed by atoms with van der Waals surface area (Å²) in [4.78, 5) is 35.7. The van der Waals surface area contributed by atoms with E-state index in [4.69, 9.17) is 0 Å². The van der Waals surface area contributed by atoms with Crippen LogP contribution >= 0.6 is 39.2 Å². The Balaban J connectivity index is 1.43. The summed E-state index contributed by atoms with van der Waals surface area (Å²) in [6, 6.07) is 9.60. The van der Waals surface area contributed by atoms with Crippen LogP contribution in [0.4, 0.5) is 15.6 Å². The van der Waals surface area contributed by atoms with Gasteiger partial charge < -0.3 is 15.1 Å². The Morgan fingerprint density at radius 1 is 1.14 bits per heavy atom. The monoisotopic (exact) mass is 590 g/mol. The van der Waals surface area contributed by atoms with Gasteiger partial charge in [0.05, 0.1) is 10.0 Å². The number of benzene rings is 1. The number of nitrogens with zero attached hydrogens (tertiary/aromatic N) is 4. The molecule has 0 bridgehead atoms. The average molecular weight is 592 g/mol. The molecular formula is C25H31BrN6O2S2. The highest BCUT2D eigenvalue weighted by molar-refractivity contribution is 9.10. The van der Waals surface area contributed by atoms with Gasteiger partial charge in [-0.15, -0.1) is 11.3 Å². The minimum atomic E-state index is -0.300. The predicted octanol–water partition coefficient (Wildman–Crippen LogP) is 5.51. The molecule has 2 N–H and O–H groups in total. The second-order valence-electron chi connectivity index (χ2n) is 8.25. The third kappa shape index (κ3) is 5.96. The van der Waals surface area contributed by atoms with E-state index in [9.17, 15) is 9.59 Å². The topological polar surface area (TPSA) is 80.8 Å². The molecule has 8 nitrogen and oxygen atoms in total. The third-order valence-electron chi connectivity index (χ3n) is 5.99. The summed E-state index contributed by atoms with van der Waals surface area (Å²) in [6.45, 7) is 11.2. The normalized spacial score (nSPS) is 14.2. The first kappa shape index (κ1) is 26.7. The first-order valence-corrected chi connectivity index (χ1v) is 14.5. The number of pyridine rings is 1. The summed E-state index contributed by atoms with van der Waals surface area (Å²) in [5.74, 6) is 0.914. The maximum Gasteiger partial charge on any atom is 0.319 e. The third-order valence-corrected chi connectivity index (χ3v) is 8.72. The zero-order valence-corrected chi connectivity index (χ0v) is 23.9. The van der Waals surface area contributed by atoms with E-state index in [1.807, 2.05) is 42.3 Å². The van der Waals surface area contributed by atoms with E-state index in [0.717, 1.165) is 51.5 Å². The number of amides is 3. The van der Waals surface area contributed by atoms with Crippen molar-refractivity contribution in [3.05, 3.63) is 46.6 Å². The molecule has 0 saturated carbocycles. The van der Waals surface area contributed by atoms with Crippen molar-refractivity contribution in [2.75, 3.05) is 56.0 Å². The molecule has 4 rings (SSSR count). The van der Waals surface area contributed by atoms with E-state index in [1.54, 1.807) is 11.9 Å². The second kappa shape index (κ2) is 12.3. The van der Waals surface area contributed by atoms with Crippen LogP contribution in [0.15, 0.2) is 45.9 Å². The van der Waals surface area contributed by atoms with E-state index in [2.05, 4.69) is 60.7 Å². The van der Waals surface area contributed by atoms with Gasteiger partial charge >= 0.3 is 6.03 Å². The second-order valence-corrected chi connectivity index (χ2v) is 11.3. The number of halogens is 1. The van der Waals surface area contributed by atoms with E-state index < -0.39 is 0 Å². The van der Waals surface area contributed by atoms with Gasteiger partial charge in [0.1, 0.15) is 10.8 Å². The first-order chi connectivity index (χ1) is 17.4. The Hall–Kier alpha value is -2.34. The maximum atomic E-state index is 13.6. The Kier molecular flexibility index (Phi) is 9.10. The van der Waals surface area contributed by atoms with Crippen molar-refractivity contribution in [3.63, 3.8) is 0 Å². The fourth-order valence-corrected chi connectivity index (χ4v) is 6.92. The number of piperazine rings is 1. The quantitative estimate of drug-likeness (QED) is 0.337. The zero-order chi connectivity index (χ0) is 25.7. The van der Waals surface area contributed by atoms with Crippen molar-refractivity contribution in [1.29, 1.82) is 0 Å². The van der Waals surface area contributed by atoms with E-state index in [0.29, 0.717) is 30.2 Å². The molecule has 1 aromatic carbocycles. The molecule has 0 unspecified atom stereocenters. The Morgan fingerprint density at radius 3 is 2.53 bits per heavy atom. The molecule has 3 aromatic rings. The van der Waals surface area contributed by atoms with Crippen molar-refractivity contribution in [1.82, 2.24) is 19.5 Å². The Morgan fingerprint density at radius 2 is 1.86 bits per heavy atom. The molecule has 0 radical (unpaired) electrons. The van der Waals surface area contributed by atoms with Crippen LogP contribution in [0.2, 0.25) is 0 Å². The molecule has 11 heteroatoms. The number of nitrogens with one attached hydrogen (secondary N) is 2. The minimum absolute atomic E-state index is 0.0446. The first-order valence-electron chi connectivity index (χ1n) is 12.1. The summed E-state index contributed by atoms with van der Waals surface area (Å²) < 4.78 is 4.23. The summed E-state index contributed by atoms with van der Waals surface area (Å²) in [5, 5.41) is 7.09. The maximum absolute atomic E-state index is 13.6. The van der Waals surface area contributed by atoms with Crippen LogP contribution < -0.4 is 15.5 Å². The van der Waals surface area contributed by atoms with Crippen LogP contribution in [0.25, 0.3) is 10.1 Å². The van der Waals surface area contributed by atoms with Gasteiger partial charge in [-0.1, -0.05) is 18.2 Å². The zero-order valence-electron chi connectivity index (χ0n) is 20.7. The highest BCUT2D eigenvalue weighted by Crippen LogP contribution is 2.37. The molecule has 0 spiro atoms. The smallest absolute Gasteiger partial charge is 0.319 e. The van der Waals surface area contributed by atoms with Gasteiger partial charge in [0, 0.05) is 67.0 Å². The van der Waals surface area contributed by atoms with Gasteiger partial charge in [0.15, 0.2) is 0 Å². The number of carbonyl (C=O) groups is 2. The van der Waals surface area contributed by atoms with Gasteiger partial charge in [-0.2, -0.15) is 0 Å². The van der Waals surface area contributed by atoms with E-state index in [1.165, 1.54) is 11.3 Å². The molecule has 3 amide bonds. The van der Waals surface area contributed by atoms with Gasteiger partial charge in [-0.3, -0.25) is 10.1 Å². The van der Waals surface area contributed by atoms with Crippen LogP contribution in [0.3, 0.4) is 0 Å². The molecule has 2 aromatic heterocycles. The summed E-state index contributed by atoms with van der Waals surface area (Å²) in [6.07, 6.45) is 1.91. The van der Waals surface area contributed by atoms with Gasteiger partial charge in [0.2, 0.25) is 0 Å². The van der Waals surface area contributed by atoms with E-state index >= 15 is 0 Å². The lowest BCUT2D eigenvalue weighted by atomic mass is 10.1. The number of anilines is 2. The molecule has 3 heterocycles. The lowest BCUT2D eigenvalue weighted by molar-refractivity contribution is 0.0707. The van der Waals surface area contributed by atoms with Crippen LogP contribution in [-0.2, 0) is 0 Å². The van der Waals surface area contributed by atoms with Gasteiger partial charge in [-0.05, 0) is 60.8 Å². The summed E-state index contributed by atoms with van der Waals surface area (Å²) >= 11 is 6.77.